The molecule has 0 aliphatic carbocycles. The van der Waals surface area contributed by atoms with Gasteiger partial charge in [-0.15, -0.1) is 11.3 Å². The summed E-state index contributed by atoms with van der Waals surface area (Å²) in [5.41, 5.74) is 8.84. The van der Waals surface area contributed by atoms with Crippen molar-refractivity contribution >= 4 is 88.3 Å². The van der Waals surface area contributed by atoms with Gasteiger partial charge in [-0.05, 0) is 111 Å². The highest BCUT2D eigenvalue weighted by Crippen LogP contribution is 2.40. The van der Waals surface area contributed by atoms with E-state index in [0.29, 0.717) is 42.1 Å². The van der Waals surface area contributed by atoms with Gasteiger partial charge in [-0.2, -0.15) is 0 Å². The third-order valence-corrected chi connectivity index (χ3v) is 17.2. The van der Waals surface area contributed by atoms with Gasteiger partial charge in [0.05, 0.1) is 39.3 Å². The van der Waals surface area contributed by atoms with Gasteiger partial charge in [-0.1, -0.05) is 82.6 Å². The lowest BCUT2D eigenvalue weighted by Gasteiger charge is -2.35. The molecule has 0 radical (unpaired) electrons. The van der Waals surface area contributed by atoms with Crippen LogP contribution in [0.15, 0.2) is 72.2 Å². The van der Waals surface area contributed by atoms with Crippen LogP contribution in [0, 0.1) is 18.3 Å². The smallest absolute Gasteiger partial charge is 0.396 e. The van der Waals surface area contributed by atoms with E-state index in [0.717, 1.165) is 21.7 Å². The van der Waals surface area contributed by atoms with E-state index < -0.39 is 102 Å². The summed E-state index contributed by atoms with van der Waals surface area (Å²) in [4.78, 5) is 138. The first kappa shape index (κ1) is 64.5. The molecule has 84 heavy (non-hydrogen) atoms. The fraction of sp³-hybridized carbons (Fsp3) is 0.475. The van der Waals surface area contributed by atoms with Gasteiger partial charge >= 0.3 is 7.60 Å². The number of nitrogens with zero attached hydrogens (tertiary/aromatic N) is 3. The predicted molar refractivity (Wildman–Crippen MR) is 317 cm³/mol. The quantitative estimate of drug-likeness (QED) is 0.0293. The number of β-amino-alcohol motifs (C(OH)–C–C–N with tert-alkyl or cyclic N) is 1. The van der Waals surface area contributed by atoms with Gasteiger partial charge in [0.25, 0.3) is 11.4 Å². The summed E-state index contributed by atoms with van der Waals surface area (Å²) in [6.45, 7) is 13.0. The number of rotatable bonds is 25. The summed E-state index contributed by atoms with van der Waals surface area (Å²) in [6.07, 6.45) is 0.782. The maximum Gasteiger partial charge on any atom is 0.396 e. The zero-order chi connectivity index (χ0) is 61.4. The number of aliphatic hydroxyl groups excluding tert-OH is 1. The summed E-state index contributed by atoms with van der Waals surface area (Å²) in [7, 11) is -5.06. The number of ether oxygens (including phenoxy) is 1. The third-order valence-electron chi connectivity index (χ3n) is 15.0. The Balaban J connectivity index is 0.931. The Kier molecular flexibility index (Phi) is 21.4. The minimum Gasteiger partial charge on any atom is -0.490 e. The van der Waals surface area contributed by atoms with Crippen LogP contribution in [-0.4, -0.2) is 138 Å². The number of benzene rings is 3. The summed E-state index contributed by atoms with van der Waals surface area (Å²) < 4.78 is 17.8. The molecule has 7 rings (SSSR count). The Bertz CT molecular complexity index is 3300. The molecule has 22 nitrogen and oxygen atoms in total. The zero-order valence-corrected chi connectivity index (χ0v) is 50.6. The largest absolute Gasteiger partial charge is 0.490 e. The molecular weight excluding hydrogens is 1140 g/mol. The number of aliphatic hydroxyl groups is 1. The van der Waals surface area contributed by atoms with E-state index in [9.17, 15) is 57.8 Å². The van der Waals surface area contributed by atoms with Crippen molar-refractivity contribution in [1.82, 2.24) is 41.0 Å². The number of aromatic amines is 1. The molecule has 0 spiro atoms. The molecule has 7 amide bonds. The van der Waals surface area contributed by atoms with Gasteiger partial charge in [0.2, 0.25) is 35.4 Å². The van der Waals surface area contributed by atoms with Crippen molar-refractivity contribution in [3.8, 4) is 16.2 Å². The number of aromatic nitrogens is 2. The Hall–Kier alpha value is -7.01. The van der Waals surface area contributed by atoms with E-state index in [1.165, 1.54) is 34.1 Å². The molecule has 25 heteroatoms. The molecule has 5 aromatic rings. The molecule has 2 saturated heterocycles. The number of likely N-dealkylation sites (tertiary alicyclic amines) is 2. The molecule has 452 valence electrons. The fourth-order valence-corrected chi connectivity index (χ4v) is 12.1. The number of fused-ring (bicyclic) bond motifs is 1. The molecule has 7 atom stereocenters. The zero-order valence-electron chi connectivity index (χ0n) is 48.1. The average molecular weight is 1220 g/mol. The molecule has 0 saturated carbocycles. The van der Waals surface area contributed by atoms with Crippen LogP contribution in [0.4, 0.5) is 0 Å². The van der Waals surface area contributed by atoms with Crippen LogP contribution in [0.5, 0.6) is 5.75 Å². The van der Waals surface area contributed by atoms with Crippen LogP contribution in [-0.2, 0) is 39.8 Å². The molecule has 2 fully saturated rings. The molecule has 2 aliphatic rings. The minimum atomic E-state index is -5.06. The Morgan fingerprint density at radius 2 is 1.62 bits per heavy atom. The van der Waals surface area contributed by atoms with Crippen LogP contribution in [0.25, 0.3) is 21.3 Å². The monoisotopic (exact) mass is 1220 g/mol. The average Bonchev–Trinajstić information content (AvgIpc) is 3.38. The molecule has 2 aromatic heterocycles. The lowest BCUT2D eigenvalue weighted by molar-refractivity contribution is -0.144. The van der Waals surface area contributed by atoms with E-state index in [4.69, 9.17) is 22.1 Å². The number of amides is 7. The van der Waals surface area contributed by atoms with Crippen LogP contribution >= 0.6 is 30.5 Å². The van der Waals surface area contributed by atoms with Gasteiger partial charge in [0, 0.05) is 48.8 Å². The fourth-order valence-electron chi connectivity index (χ4n) is 10.5. The van der Waals surface area contributed by atoms with Gasteiger partial charge in [0.15, 0.2) is 0 Å². The maximum absolute atomic E-state index is 14.3. The molecule has 2 aliphatic heterocycles. The van der Waals surface area contributed by atoms with Crippen molar-refractivity contribution < 1.29 is 62.6 Å². The molecule has 3 aromatic carbocycles. The Labute approximate surface area is 496 Å². The molecule has 4 heterocycles. The standard InChI is InChI=1S/C59H75ClN9O13PS/c1-32(2)25-44(66-53(73)43-27-39-26-38(20-22-42(39)65-43)58(78)83(79,80)81)56(76)68-24-10-13-45(68)54(74)64-40(21-23-48(61)71)30-82-47-14-8-11-36(50(47)60)12-9-15-49(72)67-52(59(5,6)7)57(77)69-29-41(70)28-46(69)55(75)63-33(3)35-16-18-37(19-17-35)51-34(4)62-31-84-51/h8,11,14,16-20,22,26-27,31-33,40-41,44-46,52,65,70H,9-10,12-13,15,21,23-25,28-30H2,1-7H3,(H2,61,71)(H,63,75)(H,64,74)(H,66,73)(H,67,72)(H2,79,80,81)/t33-,40-,41+,44-,45-,46-,52+/m0/s1. The third kappa shape index (κ3) is 16.4. The van der Waals surface area contributed by atoms with Gasteiger partial charge in [-0.3, -0.25) is 42.9 Å². The number of nitrogens with one attached hydrogen (secondary N) is 5. The van der Waals surface area contributed by atoms with Gasteiger partial charge < -0.3 is 61.4 Å². The molecule has 0 unspecified atom stereocenters. The van der Waals surface area contributed by atoms with Crippen molar-refractivity contribution in [3.63, 3.8) is 0 Å². The Morgan fingerprint density at radius 3 is 2.27 bits per heavy atom. The number of aryl methyl sites for hydroxylation is 2. The number of thiazole rings is 1. The topological polar surface area (TPSA) is 333 Å². The van der Waals surface area contributed by atoms with E-state index in [-0.39, 0.29) is 79.7 Å². The maximum atomic E-state index is 14.3. The van der Waals surface area contributed by atoms with Crippen LogP contribution in [0.3, 0.4) is 0 Å². The minimum absolute atomic E-state index is 0.0137. The van der Waals surface area contributed by atoms with Crippen LogP contribution in [0.1, 0.15) is 137 Å². The predicted octanol–water partition coefficient (Wildman–Crippen LogP) is 6.23. The van der Waals surface area contributed by atoms with E-state index >= 15 is 0 Å². The highest BCUT2D eigenvalue weighted by Gasteiger charge is 2.45. The highest BCUT2D eigenvalue weighted by atomic mass is 35.5. The van der Waals surface area contributed by atoms with E-state index in [2.05, 4.69) is 31.2 Å². The number of hydrogen-bond donors (Lipinski definition) is 9. The summed E-state index contributed by atoms with van der Waals surface area (Å²) in [5.74, 6) is -3.37. The number of carbonyl (C=O) groups excluding carboxylic acids is 8. The number of primary amides is 1. The first-order chi connectivity index (χ1) is 39.6. The van der Waals surface area contributed by atoms with Crippen LogP contribution < -0.4 is 31.7 Å². The highest BCUT2D eigenvalue weighted by molar-refractivity contribution is 7.70. The number of H-pyrrole nitrogens is 1. The Morgan fingerprint density at radius 1 is 0.905 bits per heavy atom. The van der Waals surface area contributed by atoms with Crippen LogP contribution in [0.2, 0.25) is 5.02 Å². The lowest BCUT2D eigenvalue weighted by Crippen LogP contribution is -2.57. The van der Waals surface area contributed by atoms with E-state index in [1.807, 2.05) is 72.7 Å². The SMILES string of the molecule is Cc1ncsc1-c1ccc([C@H](C)NC(=O)[C@@H]2C[C@@H](O)CN2C(=O)[C@@H](NC(=O)CCCc2cccc(OC[C@H](CCC(N)=O)NC(=O)[C@@H]3CCCN3C(=O)[C@H](CC(C)C)NC(=O)c3cc4cc(C(=O)P(=O)(O)O)ccc4[nH]3)c2Cl)C(C)(C)C)cc1. The second-order valence-electron chi connectivity index (χ2n) is 23.2. The van der Waals surface area contributed by atoms with Crippen molar-refractivity contribution in [2.45, 2.75) is 149 Å². The second kappa shape index (κ2) is 27.8. The number of nitrogens with two attached hydrogens (primary N) is 1. The van der Waals surface area contributed by atoms with Gasteiger partial charge in [-0.25, -0.2) is 4.98 Å². The van der Waals surface area contributed by atoms with Crippen molar-refractivity contribution in [2.75, 3.05) is 19.7 Å². The van der Waals surface area contributed by atoms with E-state index in [1.54, 1.807) is 35.0 Å². The molecule has 0 bridgehead atoms. The van der Waals surface area contributed by atoms with Gasteiger partial charge in [0.1, 0.15) is 42.2 Å². The summed E-state index contributed by atoms with van der Waals surface area (Å²) in [5, 5.41) is 23.0. The van der Waals surface area contributed by atoms with Crippen molar-refractivity contribution in [2.24, 2.45) is 17.1 Å². The lowest BCUT2D eigenvalue weighted by atomic mass is 9.85. The molecular formula is C59H75ClN9O13PS. The first-order valence-corrected chi connectivity index (χ1v) is 30.9. The normalized spacial score (nSPS) is 17.8. The summed E-state index contributed by atoms with van der Waals surface area (Å²) >= 11 is 8.44. The number of hydrogen-bond acceptors (Lipinski definition) is 13. The first-order valence-electron chi connectivity index (χ1n) is 28.0. The number of carbonyl (C=O) groups is 8. The molecule has 10 N–H and O–H groups in total. The second-order valence-corrected chi connectivity index (χ2v) is 25.9. The summed E-state index contributed by atoms with van der Waals surface area (Å²) in [6, 6.07) is 13.1. The van der Waals surface area contributed by atoms with Crippen molar-refractivity contribution in [3.05, 3.63) is 105 Å². The van der Waals surface area contributed by atoms with Crippen molar-refractivity contribution in [1.29, 1.82) is 0 Å². The number of halogens is 1.